The highest BCUT2D eigenvalue weighted by molar-refractivity contribution is 6.21. The third kappa shape index (κ3) is 2.95. The first-order valence-corrected chi connectivity index (χ1v) is 9.60. The first-order valence-electron chi connectivity index (χ1n) is 9.60. The third-order valence-electron chi connectivity index (χ3n) is 5.47. The summed E-state index contributed by atoms with van der Waals surface area (Å²) >= 11 is 0. The van der Waals surface area contributed by atoms with Crippen LogP contribution in [0.3, 0.4) is 0 Å². The number of furan rings is 1. The quantitative estimate of drug-likeness (QED) is 0.665. The predicted molar refractivity (Wildman–Crippen MR) is 114 cm³/mol. The van der Waals surface area contributed by atoms with E-state index in [2.05, 4.69) is 16.0 Å². The van der Waals surface area contributed by atoms with Crippen molar-refractivity contribution in [2.24, 2.45) is 4.99 Å². The number of aldehydes is 1. The number of benzene rings is 1. The number of aliphatic imine (C=N–C) groups is 1. The number of hydrogen-bond acceptors (Lipinski definition) is 7. The molecule has 30 heavy (non-hydrogen) atoms. The number of pyridine rings is 1. The van der Waals surface area contributed by atoms with Gasteiger partial charge in [0, 0.05) is 36.6 Å². The fourth-order valence-corrected chi connectivity index (χ4v) is 3.90. The summed E-state index contributed by atoms with van der Waals surface area (Å²) in [4.78, 5) is 22.2. The number of nitrogens with zero attached hydrogens (tertiary/aromatic N) is 3. The van der Waals surface area contributed by atoms with E-state index in [0.717, 1.165) is 28.9 Å². The van der Waals surface area contributed by atoms with Gasteiger partial charge in [0.25, 0.3) is 0 Å². The molecule has 3 aromatic rings. The van der Waals surface area contributed by atoms with Crippen molar-refractivity contribution in [3.8, 4) is 11.5 Å². The molecule has 0 bridgehead atoms. The van der Waals surface area contributed by atoms with Crippen LogP contribution in [0.5, 0.6) is 11.5 Å². The number of hydrogen-bond donors (Lipinski definition) is 1. The lowest BCUT2D eigenvalue weighted by Gasteiger charge is -2.29. The molecule has 0 aliphatic carbocycles. The van der Waals surface area contributed by atoms with Gasteiger partial charge in [0.2, 0.25) is 5.88 Å². The zero-order chi connectivity index (χ0) is 20.7. The van der Waals surface area contributed by atoms with Crippen LogP contribution in [-0.2, 0) is 13.0 Å². The highest BCUT2D eigenvalue weighted by Crippen LogP contribution is 2.40. The molecule has 1 aromatic carbocycles. The zero-order valence-electron chi connectivity index (χ0n) is 16.3. The van der Waals surface area contributed by atoms with Crippen molar-refractivity contribution in [1.82, 2.24) is 4.98 Å². The summed E-state index contributed by atoms with van der Waals surface area (Å²) in [7, 11) is 1.64. The second kappa shape index (κ2) is 7.18. The fraction of sp³-hybridized carbons (Fsp3) is 0.174. The molecule has 0 unspecified atom stereocenters. The van der Waals surface area contributed by atoms with Crippen molar-refractivity contribution in [3.05, 3.63) is 64.5 Å². The molecule has 0 saturated heterocycles. The van der Waals surface area contributed by atoms with Gasteiger partial charge in [0.15, 0.2) is 23.6 Å². The van der Waals surface area contributed by atoms with Crippen molar-refractivity contribution in [3.63, 3.8) is 0 Å². The second-order valence-corrected chi connectivity index (χ2v) is 7.19. The minimum atomic E-state index is -0.172. The molecule has 2 aromatic heterocycles. The van der Waals surface area contributed by atoms with Crippen molar-refractivity contribution in [2.75, 3.05) is 18.6 Å². The first-order chi connectivity index (χ1) is 14.7. The summed E-state index contributed by atoms with van der Waals surface area (Å²) in [5.74, 6) is 1.82. The molecular formula is C23H19N3O4. The van der Waals surface area contributed by atoms with Crippen LogP contribution in [0, 0.1) is 0 Å². The average Bonchev–Trinajstić information content (AvgIpc) is 3.34. The Morgan fingerprint density at radius 2 is 2.17 bits per heavy atom. The number of rotatable bonds is 4. The molecule has 7 nitrogen and oxygen atoms in total. The number of carbonyl (C=O) groups excluding carboxylic acids is 1. The number of methoxy groups -OCH3 is 1. The number of aromatic nitrogens is 1. The van der Waals surface area contributed by atoms with E-state index in [-0.39, 0.29) is 17.1 Å². The largest absolute Gasteiger partial charge is 0.504 e. The Balaban J connectivity index is 1.51. The minimum absolute atomic E-state index is 0.148. The predicted octanol–water partition coefficient (Wildman–Crippen LogP) is 4.02. The van der Waals surface area contributed by atoms with E-state index in [1.807, 2.05) is 29.2 Å². The summed E-state index contributed by atoms with van der Waals surface area (Å²) in [5.41, 5.74) is 4.11. The number of carbonyl (C=O) groups is 1. The first kappa shape index (κ1) is 18.2. The van der Waals surface area contributed by atoms with Gasteiger partial charge in [-0.15, -0.1) is 0 Å². The van der Waals surface area contributed by atoms with E-state index >= 15 is 0 Å². The molecule has 0 atom stereocenters. The monoisotopic (exact) mass is 401 g/mol. The van der Waals surface area contributed by atoms with Gasteiger partial charge in [-0.05, 0) is 47.9 Å². The van der Waals surface area contributed by atoms with Crippen LogP contribution >= 0.6 is 0 Å². The van der Waals surface area contributed by atoms with Crippen molar-refractivity contribution in [1.29, 1.82) is 0 Å². The van der Waals surface area contributed by atoms with Gasteiger partial charge in [-0.1, -0.05) is 6.07 Å². The Kier molecular flexibility index (Phi) is 4.35. The van der Waals surface area contributed by atoms with E-state index in [1.54, 1.807) is 25.6 Å². The maximum absolute atomic E-state index is 11.8. The van der Waals surface area contributed by atoms with Gasteiger partial charge in [0.1, 0.15) is 11.3 Å². The lowest BCUT2D eigenvalue weighted by Crippen LogP contribution is -2.30. The molecule has 5 rings (SSSR count). The Hall–Kier alpha value is -3.87. The molecule has 4 heterocycles. The molecule has 7 heteroatoms. The number of ether oxygens (including phenoxy) is 1. The molecule has 1 N–H and O–H groups in total. The topological polar surface area (TPSA) is 88.2 Å². The van der Waals surface area contributed by atoms with Crippen LogP contribution in [0.1, 0.15) is 32.8 Å². The van der Waals surface area contributed by atoms with Crippen LogP contribution in [0.25, 0.3) is 11.6 Å². The standard InChI is InChI=1S/C23H19N3O4/c1-29-17-5-4-14-6-8-26(12-16(14)9-17)23-19(13-27)21(28)20(30-23)10-15-11-25-22-18(15)3-2-7-24-22/h2-5,7,9-11,13,28H,6,8,12H2,1H3. The van der Waals surface area contributed by atoms with Crippen LogP contribution in [0.2, 0.25) is 0 Å². The Morgan fingerprint density at radius 3 is 3.00 bits per heavy atom. The maximum atomic E-state index is 11.8. The lowest BCUT2D eigenvalue weighted by molar-refractivity contribution is 0.112. The molecule has 2 aliphatic heterocycles. The molecule has 150 valence electrons. The van der Waals surface area contributed by atoms with Crippen LogP contribution < -0.4 is 9.64 Å². The molecular weight excluding hydrogens is 382 g/mol. The number of aromatic hydroxyl groups is 1. The van der Waals surface area contributed by atoms with Gasteiger partial charge in [-0.25, -0.2) is 9.98 Å². The van der Waals surface area contributed by atoms with E-state index in [9.17, 15) is 9.90 Å². The second-order valence-electron chi connectivity index (χ2n) is 7.19. The van der Waals surface area contributed by atoms with Gasteiger partial charge in [-0.2, -0.15) is 0 Å². The number of anilines is 1. The van der Waals surface area contributed by atoms with E-state index in [4.69, 9.17) is 9.15 Å². The molecule has 0 spiro atoms. The molecule has 0 amide bonds. The number of allylic oxidation sites excluding steroid dienone is 1. The highest BCUT2D eigenvalue weighted by atomic mass is 16.5. The van der Waals surface area contributed by atoms with Crippen molar-refractivity contribution in [2.45, 2.75) is 13.0 Å². The maximum Gasteiger partial charge on any atom is 0.211 e. The SMILES string of the molecule is COc1ccc2c(c1)CN(c1oc(C=C3C=Nc4ncccc43)c(O)c1C=O)CC2. The molecule has 2 aliphatic rings. The summed E-state index contributed by atoms with van der Waals surface area (Å²) in [6.07, 6.45) is 6.47. The van der Waals surface area contributed by atoms with E-state index in [0.29, 0.717) is 31.1 Å². The molecule has 0 radical (unpaired) electrons. The Bertz CT molecular complexity index is 1210. The van der Waals surface area contributed by atoms with E-state index < -0.39 is 0 Å². The summed E-state index contributed by atoms with van der Waals surface area (Å²) < 4.78 is 11.3. The molecule has 0 fully saturated rings. The van der Waals surface area contributed by atoms with Gasteiger partial charge < -0.3 is 19.2 Å². The zero-order valence-corrected chi connectivity index (χ0v) is 16.3. The number of fused-ring (bicyclic) bond motifs is 2. The van der Waals surface area contributed by atoms with Gasteiger partial charge >= 0.3 is 0 Å². The molecule has 0 saturated carbocycles. The third-order valence-corrected chi connectivity index (χ3v) is 5.47. The van der Waals surface area contributed by atoms with Gasteiger partial charge in [0.05, 0.1) is 7.11 Å². The Labute approximate surface area is 173 Å². The van der Waals surface area contributed by atoms with Crippen LogP contribution in [0.4, 0.5) is 11.7 Å². The summed E-state index contributed by atoms with van der Waals surface area (Å²) in [5, 5.41) is 10.6. The normalized spacial score (nSPS) is 15.9. The van der Waals surface area contributed by atoms with Crippen LogP contribution in [-0.4, -0.2) is 36.2 Å². The average molecular weight is 401 g/mol. The van der Waals surface area contributed by atoms with Gasteiger partial charge in [-0.3, -0.25) is 4.79 Å². The Morgan fingerprint density at radius 1 is 1.27 bits per heavy atom. The van der Waals surface area contributed by atoms with Crippen LogP contribution in [0.15, 0.2) is 45.9 Å². The smallest absolute Gasteiger partial charge is 0.211 e. The van der Waals surface area contributed by atoms with Crippen molar-refractivity contribution >= 4 is 35.9 Å². The van der Waals surface area contributed by atoms with E-state index in [1.165, 1.54) is 5.56 Å². The van der Waals surface area contributed by atoms with Crippen molar-refractivity contribution < 1.29 is 19.1 Å². The minimum Gasteiger partial charge on any atom is -0.504 e. The fourth-order valence-electron chi connectivity index (χ4n) is 3.90. The lowest BCUT2D eigenvalue weighted by atomic mass is 9.99. The summed E-state index contributed by atoms with van der Waals surface area (Å²) in [6, 6.07) is 9.73. The highest BCUT2D eigenvalue weighted by Gasteiger charge is 2.27. The summed E-state index contributed by atoms with van der Waals surface area (Å²) in [6.45, 7) is 1.24.